The number of esters is 1. The quantitative estimate of drug-likeness (QED) is 0.105. The number of phosphoric acid groups is 1. The summed E-state index contributed by atoms with van der Waals surface area (Å²) in [6.45, 7) is 5.31. The Morgan fingerprint density at radius 3 is 2.50 bits per heavy atom. The topological polar surface area (TPSA) is 94.1 Å². The Balaban J connectivity index is 2.69. The summed E-state index contributed by atoms with van der Waals surface area (Å²) < 4.78 is 35.6. The zero-order valence-corrected chi connectivity index (χ0v) is 22.8. The van der Waals surface area contributed by atoms with E-state index in [0.29, 0.717) is 11.0 Å². The fourth-order valence-corrected chi connectivity index (χ4v) is 4.59. The molecule has 2 unspecified atom stereocenters. The van der Waals surface area contributed by atoms with Crippen molar-refractivity contribution in [2.45, 2.75) is 19.6 Å². The Morgan fingerprint density at radius 2 is 1.93 bits per heavy atom. The van der Waals surface area contributed by atoms with E-state index in [-0.39, 0.29) is 32.0 Å². The molecule has 0 saturated heterocycles. The van der Waals surface area contributed by atoms with Gasteiger partial charge in [0.05, 0.1) is 34.4 Å². The van der Waals surface area contributed by atoms with Crippen LogP contribution < -0.4 is 4.89 Å². The maximum Gasteiger partial charge on any atom is 0.333 e. The number of carbonyl (C=O) groups is 1. The van der Waals surface area contributed by atoms with Crippen LogP contribution in [0.4, 0.5) is 0 Å². The van der Waals surface area contributed by atoms with Gasteiger partial charge in [-0.25, -0.2) is 4.79 Å². The van der Waals surface area contributed by atoms with Crippen molar-refractivity contribution in [3.63, 3.8) is 0 Å². The molecule has 1 aromatic carbocycles. The molecule has 0 aromatic heterocycles. The standard InChI is InChI=1S/C19H28I2NO7P/c1-14(2)19(23)27-13-17(29-30(24,25)28-9-8-22(3,4)5)12-26-11-15-6-7-16(20)10-18(15)21/h6-7,10,17H,1,8-9,11-13H2,2-5H3. The molecule has 8 nitrogen and oxygen atoms in total. The molecule has 11 heteroatoms. The van der Waals surface area contributed by atoms with Crippen LogP contribution in [0, 0.1) is 7.14 Å². The minimum Gasteiger partial charge on any atom is -0.756 e. The number of ether oxygens (including phenoxy) is 2. The smallest absolute Gasteiger partial charge is 0.333 e. The Labute approximate surface area is 205 Å². The molecule has 0 saturated carbocycles. The summed E-state index contributed by atoms with van der Waals surface area (Å²) in [6, 6.07) is 5.90. The Morgan fingerprint density at radius 1 is 1.27 bits per heavy atom. The Hall–Kier alpha value is -0.0800. The summed E-state index contributed by atoms with van der Waals surface area (Å²) in [5, 5.41) is 0. The number of rotatable bonds is 13. The van der Waals surface area contributed by atoms with E-state index < -0.39 is 19.9 Å². The maximum atomic E-state index is 12.2. The molecule has 30 heavy (non-hydrogen) atoms. The Bertz CT molecular complexity index is 783. The molecule has 1 rings (SSSR count). The molecule has 0 bridgehead atoms. The normalized spacial score (nSPS) is 14.8. The third-order valence-corrected chi connectivity index (χ3v) is 6.35. The molecule has 0 aliphatic heterocycles. The number of phosphoric ester groups is 1. The number of likely N-dealkylation sites (N-methyl/N-ethyl adjacent to an activating group) is 1. The van der Waals surface area contributed by atoms with Gasteiger partial charge in [-0.3, -0.25) is 4.57 Å². The minimum atomic E-state index is -4.60. The van der Waals surface area contributed by atoms with E-state index in [9.17, 15) is 14.3 Å². The van der Waals surface area contributed by atoms with Gasteiger partial charge >= 0.3 is 5.97 Å². The largest absolute Gasteiger partial charge is 0.756 e. The van der Waals surface area contributed by atoms with Crippen LogP contribution in [0.25, 0.3) is 0 Å². The summed E-state index contributed by atoms with van der Waals surface area (Å²) in [7, 11) is 1.15. The first-order valence-corrected chi connectivity index (χ1v) is 12.7. The summed E-state index contributed by atoms with van der Waals surface area (Å²) in [6.07, 6.45) is -1.04. The van der Waals surface area contributed by atoms with Crippen LogP contribution in [-0.4, -0.2) is 64.1 Å². The second-order valence-electron chi connectivity index (χ2n) is 7.65. The SMILES string of the molecule is C=C(C)C(=O)OCC(COCc1ccc(I)cc1I)OP(=O)([O-])OCC[N+](C)(C)C. The molecule has 0 amide bonds. The van der Waals surface area contributed by atoms with Crippen molar-refractivity contribution in [1.82, 2.24) is 0 Å². The highest BCUT2D eigenvalue weighted by Gasteiger charge is 2.22. The number of quaternary nitrogens is 1. The predicted molar refractivity (Wildman–Crippen MR) is 129 cm³/mol. The van der Waals surface area contributed by atoms with Gasteiger partial charge in [-0.2, -0.15) is 0 Å². The third-order valence-electron chi connectivity index (χ3n) is 3.61. The van der Waals surface area contributed by atoms with Crippen LogP contribution in [0.5, 0.6) is 0 Å². The number of benzene rings is 1. The van der Waals surface area contributed by atoms with Crippen molar-refractivity contribution >= 4 is 59.0 Å². The number of halogens is 2. The van der Waals surface area contributed by atoms with Crippen LogP contribution in [0.2, 0.25) is 0 Å². The van der Waals surface area contributed by atoms with Crippen molar-refractivity contribution < 1.29 is 37.3 Å². The van der Waals surface area contributed by atoms with Gasteiger partial charge in [0, 0.05) is 12.7 Å². The summed E-state index contributed by atoms with van der Waals surface area (Å²) >= 11 is 4.43. The van der Waals surface area contributed by atoms with Crippen LogP contribution in [-0.2, 0) is 34.5 Å². The average molecular weight is 667 g/mol. The number of carbonyl (C=O) groups excluding carboxylic acids is 1. The van der Waals surface area contributed by atoms with Gasteiger partial charge < -0.3 is 27.9 Å². The average Bonchev–Trinajstić information content (AvgIpc) is 2.59. The molecule has 0 aliphatic rings. The van der Waals surface area contributed by atoms with Crippen molar-refractivity contribution in [3.05, 3.63) is 43.1 Å². The highest BCUT2D eigenvalue weighted by atomic mass is 127. The number of hydrogen-bond donors (Lipinski definition) is 0. The van der Waals surface area contributed by atoms with Gasteiger partial charge in [0.25, 0.3) is 7.82 Å². The van der Waals surface area contributed by atoms with Gasteiger partial charge in [0.1, 0.15) is 25.9 Å². The van der Waals surface area contributed by atoms with E-state index in [1.807, 2.05) is 39.3 Å². The van der Waals surface area contributed by atoms with E-state index in [1.54, 1.807) is 0 Å². The lowest BCUT2D eigenvalue weighted by atomic mass is 10.2. The van der Waals surface area contributed by atoms with E-state index in [4.69, 9.17) is 18.5 Å². The van der Waals surface area contributed by atoms with Crippen LogP contribution in [0.1, 0.15) is 12.5 Å². The number of nitrogens with zero attached hydrogens (tertiary/aromatic N) is 1. The Kier molecular flexibility index (Phi) is 12.0. The number of hydrogen-bond acceptors (Lipinski definition) is 7. The molecule has 0 aliphatic carbocycles. The van der Waals surface area contributed by atoms with E-state index in [1.165, 1.54) is 6.92 Å². The van der Waals surface area contributed by atoms with Gasteiger partial charge in [0.2, 0.25) is 0 Å². The van der Waals surface area contributed by atoms with E-state index in [2.05, 4.69) is 51.8 Å². The molecule has 0 N–H and O–H groups in total. The van der Waals surface area contributed by atoms with Gasteiger partial charge in [-0.1, -0.05) is 12.6 Å². The van der Waals surface area contributed by atoms with Crippen molar-refractivity contribution in [2.75, 3.05) is 47.5 Å². The fourth-order valence-electron chi connectivity index (χ4n) is 1.98. The highest BCUT2D eigenvalue weighted by Crippen LogP contribution is 2.40. The first-order valence-electron chi connectivity index (χ1n) is 9.08. The lowest BCUT2D eigenvalue weighted by molar-refractivity contribution is -0.870. The van der Waals surface area contributed by atoms with Gasteiger partial charge in [-0.15, -0.1) is 0 Å². The van der Waals surface area contributed by atoms with Crippen molar-refractivity contribution in [2.24, 2.45) is 0 Å². The molecule has 170 valence electrons. The van der Waals surface area contributed by atoms with Crippen LogP contribution in [0.15, 0.2) is 30.4 Å². The molecule has 0 heterocycles. The first-order chi connectivity index (χ1) is 13.8. The van der Waals surface area contributed by atoms with Crippen molar-refractivity contribution in [1.29, 1.82) is 0 Å². The zero-order chi connectivity index (χ0) is 22.9. The molecule has 0 spiro atoms. The lowest BCUT2D eigenvalue weighted by Crippen LogP contribution is -2.38. The molecule has 0 radical (unpaired) electrons. The molecule has 0 fully saturated rings. The highest BCUT2D eigenvalue weighted by molar-refractivity contribution is 14.1. The fraction of sp³-hybridized carbons (Fsp3) is 0.526. The maximum absolute atomic E-state index is 12.2. The molecule has 2 atom stereocenters. The van der Waals surface area contributed by atoms with Crippen molar-refractivity contribution in [3.8, 4) is 0 Å². The predicted octanol–water partition coefficient (Wildman–Crippen LogP) is 3.11. The third kappa shape index (κ3) is 12.1. The summed E-state index contributed by atoms with van der Waals surface area (Å²) in [4.78, 5) is 23.9. The molecular weight excluding hydrogens is 639 g/mol. The lowest BCUT2D eigenvalue weighted by Gasteiger charge is -2.30. The second kappa shape index (κ2) is 12.8. The monoisotopic (exact) mass is 667 g/mol. The summed E-state index contributed by atoms with van der Waals surface area (Å²) in [5.41, 5.74) is 1.16. The zero-order valence-electron chi connectivity index (χ0n) is 17.6. The summed E-state index contributed by atoms with van der Waals surface area (Å²) in [5.74, 6) is -0.637. The van der Waals surface area contributed by atoms with Crippen LogP contribution >= 0.6 is 53.0 Å². The van der Waals surface area contributed by atoms with E-state index in [0.717, 1.165) is 12.7 Å². The minimum absolute atomic E-state index is 0.0236. The van der Waals surface area contributed by atoms with Gasteiger partial charge in [0.15, 0.2) is 0 Å². The van der Waals surface area contributed by atoms with Gasteiger partial charge in [-0.05, 0) is 69.8 Å². The second-order valence-corrected chi connectivity index (χ2v) is 11.4. The van der Waals surface area contributed by atoms with Crippen LogP contribution in [0.3, 0.4) is 0 Å². The first kappa shape index (κ1) is 28.0. The molecule has 1 aromatic rings. The van der Waals surface area contributed by atoms with E-state index >= 15 is 0 Å². The molecular formula is C19H28I2NO7P.